The molecule has 1 aromatic rings. The van der Waals surface area contributed by atoms with Gasteiger partial charge in [-0.15, -0.1) is 11.6 Å². The molecule has 0 aromatic heterocycles. The first-order chi connectivity index (χ1) is 8.97. The van der Waals surface area contributed by atoms with Crippen LogP contribution in [0.25, 0.3) is 0 Å². The third-order valence-electron chi connectivity index (χ3n) is 2.61. The molecule has 0 aliphatic rings. The van der Waals surface area contributed by atoms with E-state index in [4.69, 9.17) is 16.3 Å². The Hall–Kier alpha value is -0.620. The molecule has 0 atom stereocenters. The van der Waals surface area contributed by atoms with E-state index in [2.05, 4.69) is 4.72 Å². The summed E-state index contributed by atoms with van der Waals surface area (Å²) in [5.74, 6) is 0.453. The summed E-state index contributed by atoms with van der Waals surface area (Å²) >= 11 is 5.46. The Bertz CT molecular complexity index is 503. The number of nitrogens with one attached hydrogen (secondary N) is 1. The van der Waals surface area contributed by atoms with Crippen LogP contribution in [0.1, 0.15) is 17.5 Å². The van der Waals surface area contributed by atoms with Gasteiger partial charge < -0.3 is 4.74 Å². The summed E-state index contributed by atoms with van der Waals surface area (Å²) in [6, 6.07) is 5.39. The van der Waals surface area contributed by atoms with Crippen molar-refractivity contribution in [2.24, 2.45) is 0 Å². The topological polar surface area (TPSA) is 55.4 Å². The van der Waals surface area contributed by atoms with Crippen LogP contribution in [0.3, 0.4) is 0 Å². The maximum atomic E-state index is 12.1. The van der Waals surface area contributed by atoms with Crippen LogP contribution in [0.2, 0.25) is 0 Å². The second kappa shape index (κ2) is 7.85. The summed E-state index contributed by atoms with van der Waals surface area (Å²) in [7, 11) is -3.44. The minimum Gasteiger partial charge on any atom is -0.380 e. The molecule has 0 amide bonds. The quantitative estimate of drug-likeness (QED) is 0.592. The van der Waals surface area contributed by atoms with E-state index in [1.807, 2.05) is 19.1 Å². The first-order valence-electron chi connectivity index (χ1n) is 6.18. The van der Waals surface area contributed by atoms with Gasteiger partial charge in [0.05, 0.1) is 11.5 Å². The third kappa shape index (κ3) is 5.48. The van der Waals surface area contributed by atoms with Crippen molar-refractivity contribution in [2.45, 2.75) is 25.2 Å². The minimum atomic E-state index is -3.44. The molecule has 108 valence electrons. The predicted molar refractivity (Wildman–Crippen MR) is 77.3 cm³/mol. The van der Waals surface area contributed by atoms with E-state index in [-0.39, 0.29) is 0 Å². The largest absolute Gasteiger partial charge is 0.380 e. The number of benzene rings is 1. The normalized spacial score (nSPS) is 11.7. The highest BCUT2D eigenvalue weighted by atomic mass is 35.5. The number of alkyl halides is 1. The lowest BCUT2D eigenvalue weighted by molar-refractivity contribution is 0.147. The molecular formula is C13H20ClNO3S. The minimum absolute atomic E-state index is 0.342. The van der Waals surface area contributed by atoms with Crippen LogP contribution >= 0.6 is 11.6 Å². The van der Waals surface area contributed by atoms with Crippen molar-refractivity contribution < 1.29 is 13.2 Å². The van der Waals surface area contributed by atoms with E-state index in [9.17, 15) is 8.42 Å². The lowest BCUT2D eigenvalue weighted by Crippen LogP contribution is -2.26. The number of sulfonamides is 1. The van der Waals surface area contributed by atoms with E-state index >= 15 is 0 Å². The van der Waals surface area contributed by atoms with Gasteiger partial charge in [0.2, 0.25) is 10.0 Å². The van der Waals surface area contributed by atoms with Gasteiger partial charge in [-0.1, -0.05) is 12.1 Å². The van der Waals surface area contributed by atoms with Crippen LogP contribution in [0.15, 0.2) is 23.1 Å². The number of ether oxygens (including phenoxy) is 1. The molecule has 1 N–H and O–H groups in total. The van der Waals surface area contributed by atoms with Gasteiger partial charge in [-0.25, -0.2) is 13.1 Å². The molecule has 0 fully saturated rings. The molecule has 0 aliphatic heterocycles. The molecule has 0 saturated carbocycles. The molecule has 0 radical (unpaired) electrons. The Morgan fingerprint density at radius 1 is 1.26 bits per heavy atom. The number of aryl methyl sites for hydroxylation is 2. The zero-order valence-electron chi connectivity index (χ0n) is 11.3. The van der Waals surface area contributed by atoms with E-state index < -0.39 is 10.0 Å². The van der Waals surface area contributed by atoms with Crippen LogP contribution in [0.5, 0.6) is 0 Å². The highest BCUT2D eigenvalue weighted by Gasteiger charge is 2.15. The Balaban J connectivity index is 2.54. The monoisotopic (exact) mass is 305 g/mol. The first kappa shape index (κ1) is 16.4. The third-order valence-corrected chi connectivity index (χ3v) is 4.37. The van der Waals surface area contributed by atoms with Gasteiger partial charge in [0.1, 0.15) is 0 Å². The van der Waals surface area contributed by atoms with Crippen LogP contribution in [0.4, 0.5) is 0 Å². The summed E-state index contributed by atoms with van der Waals surface area (Å²) in [4.78, 5) is 0.342. The first-order valence-corrected chi connectivity index (χ1v) is 8.20. The van der Waals surface area contributed by atoms with E-state index in [1.165, 1.54) is 0 Å². The van der Waals surface area contributed by atoms with Crippen molar-refractivity contribution in [3.63, 3.8) is 0 Å². The number of hydrogen-bond donors (Lipinski definition) is 1. The van der Waals surface area contributed by atoms with Gasteiger partial charge in [0.15, 0.2) is 0 Å². The fourth-order valence-corrected chi connectivity index (χ4v) is 3.12. The van der Waals surface area contributed by atoms with Crippen molar-refractivity contribution in [3.05, 3.63) is 29.3 Å². The average molecular weight is 306 g/mol. The van der Waals surface area contributed by atoms with Gasteiger partial charge in [-0.05, 0) is 37.5 Å². The fraction of sp³-hybridized carbons (Fsp3) is 0.538. The lowest BCUT2D eigenvalue weighted by atomic mass is 10.2. The molecular weight excluding hydrogens is 286 g/mol. The SMILES string of the molecule is Cc1ccc(C)c(S(=O)(=O)NCCCOCCCl)c1. The maximum absolute atomic E-state index is 12.1. The summed E-state index contributed by atoms with van der Waals surface area (Å²) in [5, 5.41) is 0. The van der Waals surface area contributed by atoms with Crippen molar-refractivity contribution in [1.82, 2.24) is 4.72 Å². The molecule has 0 spiro atoms. The fourth-order valence-electron chi connectivity index (χ4n) is 1.61. The van der Waals surface area contributed by atoms with Crippen molar-refractivity contribution in [3.8, 4) is 0 Å². The van der Waals surface area contributed by atoms with Crippen LogP contribution in [0, 0.1) is 13.8 Å². The van der Waals surface area contributed by atoms with Crippen molar-refractivity contribution >= 4 is 21.6 Å². The van der Waals surface area contributed by atoms with E-state index in [0.29, 0.717) is 37.0 Å². The molecule has 0 aliphatic carbocycles. The van der Waals surface area contributed by atoms with E-state index in [1.54, 1.807) is 13.0 Å². The molecule has 1 rings (SSSR count). The number of rotatable bonds is 8. The summed E-state index contributed by atoms with van der Waals surface area (Å²) in [6.07, 6.45) is 0.626. The van der Waals surface area contributed by atoms with Crippen molar-refractivity contribution in [2.75, 3.05) is 25.6 Å². The summed E-state index contributed by atoms with van der Waals surface area (Å²) in [6.45, 7) is 5.02. The molecule has 19 heavy (non-hydrogen) atoms. The highest BCUT2D eigenvalue weighted by molar-refractivity contribution is 7.89. The number of halogens is 1. The lowest BCUT2D eigenvalue weighted by Gasteiger charge is -2.10. The highest BCUT2D eigenvalue weighted by Crippen LogP contribution is 2.16. The Morgan fingerprint density at radius 3 is 2.68 bits per heavy atom. The van der Waals surface area contributed by atoms with Crippen LogP contribution in [-0.4, -0.2) is 34.1 Å². The smallest absolute Gasteiger partial charge is 0.240 e. The van der Waals surface area contributed by atoms with Gasteiger partial charge in [0, 0.05) is 19.0 Å². The Kier molecular flexibility index (Phi) is 6.79. The van der Waals surface area contributed by atoms with Crippen molar-refractivity contribution in [1.29, 1.82) is 0 Å². The molecule has 0 saturated heterocycles. The molecule has 0 unspecified atom stereocenters. The summed E-state index contributed by atoms with van der Waals surface area (Å²) in [5.41, 5.74) is 1.67. The number of hydrogen-bond acceptors (Lipinski definition) is 3. The molecule has 4 nitrogen and oxygen atoms in total. The van der Waals surface area contributed by atoms with Gasteiger partial charge in [-0.2, -0.15) is 0 Å². The standard InChI is InChI=1S/C13H20ClNO3S/c1-11-4-5-12(2)13(10-11)19(16,17)15-7-3-8-18-9-6-14/h4-5,10,15H,3,6-9H2,1-2H3. The average Bonchev–Trinajstić information content (AvgIpc) is 2.36. The molecule has 0 heterocycles. The van der Waals surface area contributed by atoms with E-state index in [0.717, 1.165) is 11.1 Å². The van der Waals surface area contributed by atoms with Gasteiger partial charge in [-0.3, -0.25) is 0 Å². The second-order valence-electron chi connectivity index (χ2n) is 4.32. The summed E-state index contributed by atoms with van der Waals surface area (Å²) < 4.78 is 32.0. The second-order valence-corrected chi connectivity index (χ2v) is 6.43. The van der Waals surface area contributed by atoms with Gasteiger partial charge in [0.25, 0.3) is 0 Å². The zero-order chi connectivity index (χ0) is 14.3. The maximum Gasteiger partial charge on any atom is 0.240 e. The van der Waals surface area contributed by atoms with Crippen LogP contribution in [-0.2, 0) is 14.8 Å². The molecule has 6 heteroatoms. The van der Waals surface area contributed by atoms with Crippen LogP contribution < -0.4 is 4.72 Å². The predicted octanol–water partition coefficient (Wildman–Crippen LogP) is 2.23. The van der Waals surface area contributed by atoms with Gasteiger partial charge >= 0.3 is 0 Å². The Morgan fingerprint density at radius 2 is 2.00 bits per heavy atom. The zero-order valence-corrected chi connectivity index (χ0v) is 12.9. The molecule has 1 aromatic carbocycles. The Labute approximate surface area is 120 Å². The molecule has 0 bridgehead atoms.